The molecule has 3 aromatic heterocycles. The third-order valence-corrected chi connectivity index (χ3v) is 5.17. The van der Waals surface area contributed by atoms with Crippen LogP contribution in [0.25, 0.3) is 33.2 Å². The average molecular weight is 356 g/mol. The standard InChI is InChI=1S/C20H12N4OS/c25-19-17(11-14-7-3-6-13-5-1-2-9-16(13)14)26-20-22-18(23-24(19)20)15-8-4-10-21-12-15/h1-12H/b17-11-. The summed E-state index contributed by atoms with van der Waals surface area (Å²) in [6.07, 6.45) is 5.29. The summed E-state index contributed by atoms with van der Waals surface area (Å²) in [5.74, 6) is 0.512. The van der Waals surface area contributed by atoms with Gasteiger partial charge in [-0.3, -0.25) is 9.78 Å². The van der Waals surface area contributed by atoms with E-state index in [4.69, 9.17) is 0 Å². The molecule has 2 aromatic carbocycles. The van der Waals surface area contributed by atoms with Gasteiger partial charge in [0.1, 0.15) is 0 Å². The Hall–Kier alpha value is -3.38. The number of thiazole rings is 1. The van der Waals surface area contributed by atoms with Crippen LogP contribution in [-0.4, -0.2) is 19.6 Å². The predicted molar refractivity (Wildman–Crippen MR) is 103 cm³/mol. The summed E-state index contributed by atoms with van der Waals surface area (Å²) in [6, 6.07) is 17.9. The van der Waals surface area contributed by atoms with Gasteiger partial charge < -0.3 is 0 Å². The number of fused-ring (bicyclic) bond motifs is 2. The molecule has 6 heteroatoms. The van der Waals surface area contributed by atoms with Gasteiger partial charge in [-0.1, -0.05) is 53.8 Å². The Balaban J connectivity index is 1.68. The van der Waals surface area contributed by atoms with Crippen molar-refractivity contribution in [1.29, 1.82) is 0 Å². The lowest BCUT2D eigenvalue weighted by atomic mass is 10.0. The van der Waals surface area contributed by atoms with E-state index < -0.39 is 0 Å². The topological polar surface area (TPSA) is 60.2 Å². The number of hydrogen-bond donors (Lipinski definition) is 0. The first kappa shape index (κ1) is 14.9. The first-order chi connectivity index (χ1) is 12.8. The monoisotopic (exact) mass is 356 g/mol. The molecule has 0 spiro atoms. The summed E-state index contributed by atoms with van der Waals surface area (Å²) >= 11 is 1.34. The predicted octanol–water partition coefficient (Wildman–Crippen LogP) is 2.91. The molecule has 5 nitrogen and oxygen atoms in total. The Morgan fingerprint density at radius 1 is 1.00 bits per heavy atom. The van der Waals surface area contributed by atoms with Crippen molar-refractivity contribution in [1.82, 2.24) is 19.6 Å². The largest absolute Gasteiger partial charge is 0.291 e. The maximum Gasteiger partial charge on any atom is 0.291 e. The first-order valence-corrected chi connectivity index (χ1v) is 8.91. The van der Waals surface area contributed by atoms with Gasteiger partial charge >= 0.3 is 0 Å². The van der Waals surface area contributed by atoms with Crippen LogP contribution in [0.4, 0.5) is 0 Å². The lowest BCUT2D eigenvalue weighted by Gasteiger charge is -2.00. The van der Waals surface area contributed by atoms with Gasteiger partial charge in [0.15, 0.2) is 5.82 Å². The number of nitrogens with zero attached hydrogens (tertiary/aromatic N) is 4. The number of pyridine rings is 1. The molecule has 0 aliphatic heterocycles. The molecule has 26 heavy (non-hydrogen) atoms. The van der Waals surface area contributed by atoms with E-state index in [1.165, 1.54) is 15.9 Å². The summed E-state index contributed by atoms with van der Waals surface area (Å²) in [6.45, 7) is 0. The molecule has 0 bridgehead atoms. The van der Waals surface area contributed by atoms with E-state index in [1.807, 2.05) is 42.5 Å². The Kier molecular flexibility index (Phi) is 3.36. The summed E-state index contributed by atoms with van der Waals surface area (Å²) < 4.78 is 1.98. The van der Waals surface area contributed by atoms with Gasteiger partial charge in [0, 0.05) is 18.0 Å². The van der Waals surface area contributed by atoms with E-state index in [1.54, 1.807) is 12.4 Å². The number of rotatable bonds is 2. The van der Waals surface area contributed by atoms with Crippen molar-refractivity contribution in [3.05, 3.63) is 87.4 Å². The Morgan fingerprint density at radius 3 is 2.73 bits per heavy atom. The van der Waals surface area contributed by atoms with Crippen LogP contribution in [0.2, 0.25) is 0 Å². The van der Waals surface area contributed by atoms with Gasteiger partial charge in [0.2, 0.25) is 4.96 Å². The average Bonchev–Trinajstić information content (AvgIpc) is 3.23. The molecular formula is C20H12N4OS. The molecular weight excluding hydrogens is 344 g/mol. The van der Waals surface area contributed by atoms with Crippen molar-refractivity contribution in [2.75, 3.05) is 0 Å². The van der Waals surface area contributed by atoms with Gasteiger partial charge in [0.05, 0.1) is 4.53 Å². The normalized spacial score (nSPS) is 12.2. The molecule has 0 saturated heterocycles. The zero-order valence-corrected chi connectivity index (χ0v) is 14.4. The van der Waals surface area contributed by atoms with Crippen LogP contribution >= 0.6 is 11.3 Å². The van der Waals surface area contributed by atoms with E-state index >= 15 is 0 Å². The summed E-state index contributed by atoms with van der Waals surface area (Å²) in [5.41, 5.74) is 1.65. The summed E-state index contributed by atoms with van der Waals surface area (Å²) in [4.78, 5) is 21.9. The third kappa shape index (κ3) is 2.39. The van der Waals surface area contributed by atoms with Crippen LogP contribution in [0.3, 0.4) is 0 Å². The second kappa shape index (κ2) is 5.86. The van der Waals surface area contributed by atoms with Gasteiger partial charge in [-0.15, -0.1) is 5.10 Å². The minimum Gasteiger partial charge on any atom is -0.266 e. The molecule has 0 amide bonds. The molecule has 3 heterocycles. The molecule has 0 aliphatic carbocycles. The van der Waals surface area contributed by atoms with Crippen LogP contribution in [0.1, 0.15) is 5.56 Å². The van der Waals surface area contributed by atoms with E-state index in [0.717, 1.165) is 21.9 Å². The molecule has 0 saturated carbocycles. The molecule has 0 atom stereocenters. The van der Waals surface area contributed by atoms with Gasteiger partial charge in [-0.25, -0.2) is 0 Å². The molecule has 0 N–H and O–H groups in total. The highest BCUT2D eigenvalue weighted by Gasteiger charge is 2.12. The molecule has 0 unspecified atom stereocenters. The Bertz CT molecular complexity index is 1350. The SMILES string of the molecule is O=c1/c(=C/c2cccc3ccccc23)sc2nc(-c3cccnc3)nn12. The summed E-state index contributed by atoms with van der Waals surface area (Å²) in [7, 11) is 0. The quantitative estimate of drug-likeness (QED) is 0.488. The first-order valence-electron chi connectivity index (χ1n) is 8.09. The molecule has 0 fully saturated rings. The fraction of sp³-hybridized carbons (Fsp3) is 0. The van der Waals surface area contributed by atoms with Crippen molar-refractivity contribution in [3.63, 3.8) is 0 Å². The maximum absolute atomic E-state index is 12.7. The Labute approximate surface area is 151 Å². The number of benzene rings is 2. The smallest absolute Gasteiger partial charge is 0.266 e. The minimum atomic E-state index is -0.152. The van der Waals surface area contributed by atoms with Crippen LogP contribution in [0.15, 0.2) is 71.8 Å². The van der Waals surface area contributed by atoms with E-state index in [2.05, 4.69) is 33.3 Å². The van der Waals surface area contributed by atoms with Crippen LogP contribution in [0.5, 0.6) is 0 Å². The van der Waals surface area contributed by atoms with Crippen molar-refractivity contribution < 1.29 is 0 Å². The van der Waals surface area contributed by atoms with Crippen molar-refractivity contribution in [3.8, 4) is 11.4 Å². The third-order valence-electron chi connectivity index (χ3n) is 4.21. The fourth-order valence-electron chi connectivity index (χ4n) is 2.97. The zero-order chi connectivity index (χ0) is 17.5. The van der Waals surface area contributed by atoms with Gasteiger partial charge in [-0.2, -0.15) is 9.50 Å². The molecule has 124 valence electrons. The highest BCUT2D eigenvalue weighted by molar-refractivity contribution is 7.15. The molecule has 0 aliphatic rings. The van der Waals surface area contributed by atoms with Gasteiger partial charge in [0.25, 0.3) is 5.56 Å². The highest BCUT2D eigenvalue weighted by atomic mass is 32.1. The minimum absolute atomic E-state index is 0.152. The maximum atomic E-state index is 12.7. The van der Waals surface area contributed by atoms with Crippen LogP contribution in [0, 0.1) is 0 Å². The van der Waals surface area contributed by atoms with Crippen molar-refractivity contribution in [2.24, 2.45) is 0 Å². The second-order valence-electron chi connectivity index (χ2n) is 5.86. The van der Waals surface area contributed by atoms with E-state index in [0.29, 0.717) is 15.3 Å². The molecule has 0 radical (unpaired) electrons. The number of hydrogen-bond acceptors (Lipinski definition) is 5. The fourth-order valence-corrected chi connectivity index (χ4v) is 3.87. The molecule has 5 aromatic rings. The van der Waals surface area contributed by atoms with Crippen LogP contribution in [-0.2, 0) is 0 Å². The molecule has 5 rings (SSSR count). The van der Waals surface area contributed by atoms with Crippen LogP contribution < -0.4 is 10.1 Å². The van der Waals surface area contributed by atoms with E-state index in [9.17, 15) is 4.79 Å². The second-order valence-corrected chi connectivity index (χ2v) is 6.86. The van der Waals surface area contributed by atoms with E-state index in [-0.39, 0.29) is 5.56 Å². The highest BCUT2D eigenvalue weighted by Crippen LogP contribution is 2.19. The number of aromatic nitrogens is 4. The van der Waals surface area contributed by atoms with Crippen molar-refractivity contribution >= 4 is 33.1 Å². The summed E-state index contributed by atoms with van der Waals surface area (Å²) in [5, 5.41) is 6.61. The Morgan fingerprint density at radius 2 is 1.88 bits per heavy atom. The lowest BCUT2D eigenvalue weighted by Crippen LogP contribution is -2.23. The van der Waals surface area contributed by atoms with Crippen molar-refractivity contribution in [2.45, 2.75) is 0 Å². The van der Waals surface area contributed by atoms with Gasteiger partial charge in [-0.05, 0) is 34.5 Å². The zero-order valence-electron chi connectivity index (χ0n) is 13.5. The lowest BCUT2D eigenvalue weighted by molar-refractivity contribution is 0.936.